The summed E-state index contributed by atoms with van der Waals surface area (Å²) >= 11 is 0. The molecule has 9 nitrogen and oxygen atoms in total. The van der Waals surface area contributed by atoms with Gasteiger partial charge in [0.05, 0.1) is 0 Å². The molecule has 92 valence electrons. The van der Waals surface area contributed by atoms with Crippen LogP contribution in [-0.2, 0) is 44.8 Å². The molecule has 0 saturated heterocycles. The van der Waals surface area contributed by atoms with E-state index in [4.69, 9.17) is 45.0 Å². The van der Waals surface area contributed by atoms with Crippen molar-refractivity contribution >= 4 is 67.3 Å². The molecule has 0 aliphatic heterocycles. The van der Waals surface area contributed by atoms with Crippen LogP contribution in [0.1, 0.15) is 0 Å². The van der Waals surface area contributed by atoms with Crippen molar-refractivity contribution in [3.05, 3.63) is 0 Å². The van der Waals surface area contributed by atoms with E-state index in [2.05, 4.69) is 0 Å². The van der Waals surface area contributed by atoms with Crippen molar-refractivity contribution in [1.82, 2.24) is 0 Å². The van der Waals surface area contributed by atoms with Crippen molar-refractivity contribution in [3.8, 4) is 0 Å². The van der Waals surface area contributed by atoms with Gasteiger partial charge in [-0.2, -0.15) is 0 Å². The van der Waals surface area contributed by atoms with Crippen LogP contribution >= 0.6 is 0 Å². The van der Waals surface area contributed by atoms with Crippen molar-refractivity contribution in [2.45, 2.75) is 0 Å². The van der Waals surface area contributed by atoms with E-state index in [1.165, 1.54) is 0 Å². The molecule has 0 saturated carbocycles. The fourth-order valence-electron chi connectivity index (χ4n) is 0. The second-order valence-electron chi connectivity index (χ2n) is 0.750. The van der Waals surface area contributed by atoms with Gasteiger partial charge in [0.15, 0.2) is 0 Å². The van der Waals surface area contributed by atoms with Crippen LogP contribution in [0.3, 0.4) is 0 Å². The van der Waals surface area contributed by atoms with Crippen molar-refractivity contribution in [3.63, 3.8) is 0 Å². The van der Waals surface area contributed by atoms with Gasteiger partial charge in [0, 0.05) is 0 Å². The summed E-state index contributed by atoms with van der Waals surface area (Å²) in [5, 5.41) is 50.0. The first-order valence-corrected chi connectivity index (χ1v) is 1.84. The molecule has 0 amide bonds. The topological polar surface area (TPSA) is 190 Å². The molecule has 0 heterocycles. The van der Waals surface area contributed by atoms with Gasteiger partial charge in [-0.25, -0.2) is 0 Å². The van der Waals surface area contributed by atoms with E-state index < -0.39 is 18.5 Å². The molecule has 0 atom stereocenters. The van der Waals surface area contributed by atoms with Crippen LogP contribution in [0, 0.1) is 0 Å². The zero-order valence-corrected chi connectivity index (χ0v) is 10.1. The van der Waals surface area contributed by atoms with E-state index >= 15 is 0 Å². The quantitative estimate of drug-likeness (QED) is 0.220. The average Bonchev–Trinajstić information content (AvgIpc) is 1.54. The summed E-state index contributed by atoms with van der Waals surface area (Å²) in [6, 6.07) is 0. The first kappa shape index (κ1) is 36.0. The van der Waals surface area contributed by atoms with Crippen molar-refractivity contribution in [2.75, 3.05) is 0 Å². The van der Waals surface area contributed by atoms with E-state index in [1.54, 1.807) is 0 Å². The number of carboxylic acid groups (broad SMARTS) is 6. The maximum atomic E-state index is 8.33. The van der Waals surface area contributed by atoms with Gasteiger partial charge in [-0.3, -0.25) is 0 Å². The molecule has 0 aliphatic carbocycles. The third kappa shape index (κ3) is 3310. The molecule has 0 rings (SSSR count). The van der Waals surface area contributed by atoms with Gasteiger partial charge >= 0.3 is 93.6 Å². The summed E-state index contributed by atoms with van der Waals surface area (Å²) in [6.07, 6.45) is -7.00. The number of rotatable bonds is 0. The van der Waals surface area contributed by atoms with Gasteiger partial charge in [-0.05, 0) is 18.5 Å². The Balaban J connectivity index is -0.0000000184. The van der Waals surface area contributed by atoms with E-state index in [9.17, 15) is 0 Å². The maximum absolute atomic E-state index is 8.33. The summed E-state index contributed by atoms with van der Waals surface area (Å²) in [4.78, 5) is 25.0. The Kier molecular flexibility index (Phi) is 70.5. The molecule has 12 heteroatoms. The standard InChI is InChI=1S/3CH2O3.2Au.Ba.2H/c3*2-1(3)4;;;;;/h3*(H2,2,3,4);;;;;/q;;;2*+3;;;/p-6. The van der Waals surface area contributed by atoms with E-state index in [0.29, 0.717) is 0 Å². The summed E-state index contributed by atoms with van der Waals surface area (Å²) in [5.41, 5.74) is 0. The molecule has 0 aliphatic rings. The molecule has 0 aromatic heterocycles. The minimum atomic E-state index is -2.33. The zero-order chi connectivity index (χ0) is 10.7. The van der Waals surface area contributed by atoms with Crippen molar-refractivity contribution in [2.24, 2.45) is 0 Å². The average molecular weight is 713 g/mol. The van der Waals surface area contributed by atoms with Crippen molar-refractivity contribution < 1.29 is 89.8 Å². The number of carbonyl (C=O) groups is 3. The molecule has 0 bridgehead atoms. The third-order valence-electron chi connectivity index (χ3n) is 0. The van der Waals surface area contributed by atoms with Crippen LogP contribution in [0.2, 0.25) is 0 Å². The van der Waals surface area contributed by atoms with E-state index in [0.717, 1.165) is 0 Å². The van der Waals surface area contributed by atoms with Gasteiger partial charge in [0.1, 0.15) is 0 Å². The Morgan fingerprint density at radius 2 is 0.533 bits per heavy atom. The van der Waals surface area contributed by atoms with Crippen LogP contribution in [-0.4, -0.2) is 67.3 Å². The van der Waals surface area contributed by atoms with E-state index in [-0.39, 0.29) is 93.6 Å². The van der Waals surface area contributed by atoms with Gasteiger partial charge in [0.2, 0.25) is 0 Å². The second-order valence-corrected chi connectivity index (χ2v) is 0.750. The third-order valence-corrected chi connectivity index (χ3v) is 0. The number of hydrogen-bond donors (Lipinski definition) is 0. The first-order valence-electron chi connectivity index (χ1n) is 1.84. The van der Waals surface area contributed by atoms with Crippen LogP contribution < -0.4 is 30.6 Å². The minimum absolute atomic E-state index is 0. The van der Waals surface area contributed by atoms with Crippen LogP contribution in [0.5, 0.6) is 0 Å². The van der Waals surface area contributed by atoms with Crippen molar-refractivity contribution in [1.29, 1.82) is 0 Å². The fraction of sp³-hybridized carbons (Fsp3) is 0. The molecular weight excluding hydrogens is 711 g/mol. The SMILES string of the molecule is O=C([O-])[O-].O=C([O-])[O-].O=C([O-])[O-].[Au+3].[Au+3].[BaH2]. The van der Waals surface area contributed by atoms with Gasteiger partial charge < -0.3 is 45.0 Å². The molecule has 0 unspecified atom stereocenters. The molecule has 0 radical (unpaired) electrons. The zero-order valence-electron chi connectivity index (χ0n) is 5.78. The normalized spacial score (nSPS) is 4.80. The van der Waals surface area contributed by atoms with Crippen LogP contribution in [0.15, 0.2) is 0 Å². The van der Waals surface area contributed by atoms with Gasteiger partial charge in [0.25, 0.3) is 0 Å². The molecule has 0 aromatic carbocycles. The van der Waals surface area contributed by atoms with Gasteiger partial charge in [-0.1, -0.05) is 0 Å². The Labute approximate surface area is 155 Å². The molecule has 0 aromatic rings. The summed E-state index contributed by atoms with van der Waals surface area (Å²) in [7, 11) is 0. The predicted molar refractivity (Wildman–Crippen MR) is 24.7 cm³/mol. The predicted octanol–water partition coefficient (Wildman–Crippen LogP) is -8.26. The van der Waals surface area contributed by atoms with Gasteiger partial charge in [-0.15, -0.1) is 0 Å². The first-order chi connectivity index (χ1) is 5.20. The Morgan fingerprint density at radius 3 is 0.533 bits per heavy atom. The molecule has 0 fully saturated rings. The Morgan fingerprint density at radius 1 is 0.533 bits per heavy atom. The van der Waals surface area contributed by atoms with Crippen LogP contribution in [0.25, 0.3) is 0 Å². The summed E-state index contributed by atoms with van der Waals surface area (Å²) in [6.45, 7) is 0. The molecular formula is C3H2Au2BaO9. The van der Waals surface area contributed by atoms with Crippen LogP contribution in [0.4, 0.5) is 14.4 Å². The van der Waals surface area contributed by atoms with E-state index in [1.807, 2.05) is 0 Å². The number of hydrogen-bond acceptors (Lipinski definition) is 9. The summed E-state index contributed by atoms with van der Waals surface area (Å²) in [5.74, 6) is 0. The molecule has 0 N–H and O–H groups in total. The Bertz CT molecular complexity index is 121. The monoisotopic (exact) mass is 714 g/mol. The molecule has 15 heavy (non-hydrogen) atoms. The number of carbonyl (C=O) groups excluding carboxylic acids is 3. The molecule has 0 spiro atoms. The second kappa shape index (κ2) is 29.4. The Hall–Kier alpha value is 0.862. The fourth-order valence-corrected chi connectivity index (χ4v) is 0. The summed E-state index contributed by atoms with van der Waals surface area (Å²) < 4.78 is 0.